The molecule has 2 amide bonds. The van der Waals surface area contributed by atoms with Crippen molar-refractivity contribution in [2.24, 2.45) is 11.8 Å². The molecule has 1 saturated heterocycles. The molecule has 1 aliphatic carbocycles. The van der Waals surface area contributed by atoms with Gasteiger partial charge in [-0.1, -0.05) is 23.2 Å². The number of ether oxygens (including phenoxy) is 1. The molecule has 5 nitrogen and oxygen atoms in total. The zero-order valence-electron chi connectivity index (χ0n) is 12.5. The topological polar surface area (TPSA) is 67.4 Å². The molecule has 1 aromatic carbocycles. The van der Waals surface area contributed by atoms with Gasteiger partial charge >= 0.3 is 0 Å². The van der Waals surface area contributed by atoms with Crippen LogP contribution in [0.15, 0.2) is 18.2 Å². The minimum absolute atomic E-state index is 0.0789. The van der Waals surface area contributed by atoms with E-state index in [9.17, 15) is 9.59 Å². The first-order valence-corrected chi connectivity index (χ1v) is 8.45. The van der Waals surface area contributed by atoms with Gasteiger partial charge in [0.2, 0.25) is 11.8 Å². The quantitative estimate of drug-likeness (QED) is 0.852. The van der Waals surface area contributed by atoms with Crippen molar-refractivity contribution < 1.29 is 14.3 Å². The molecule has 1 heterocycles. The molecular weight excluding hydrogens is 339 g/mol. The SMILES string of the molecule is O=C(NCC1CCCO1)C1CC1C(=O)Nc1cc(Cl)cc(Cl)c1. The number of hydrogen-bond acceptors (Lipinski definition) is 3. The van der Waals surface area contributed by atoms with E-state index in [1.54, 1.807) is 18.2 Å². The first-order valence-electron chi connectivity index (χ1n) is 7.69. The number of carbonyl (C=O) groups is 2. The molecule has 1 saturated carbocycles. The fourth-order valence-electron chi connectivity index (χ4n) is 2.79. The number of hydrogen-bond donors (Lipinski definition) is 2. The summed E-state index contributed by atoms with van der Waals surface area (Å²) in [5, 5.41) is 6.53. The molecule has 1 aliphatic heterocycles. The van der Waals surface area contributed by atoms with Gasteiger partial charge in [0.15, 0.2) is 0 Å². The minimum atomic E-state index is -0.294. The van der Waals surface area contributed by atoms with Gasteiger partial charge in [0.25, 0.3) is 0 Å². The molecule has 2 N–H and O–H groups in total. The lowest BCUT2D eigenvalue weighted by atomic mass is 10.2. The normalized spacial score (nSPS) is 25.9. The highest BCUT2D eigenvalue weighted by Gasteiger charge is 2.48. The van der Waals surface area contributed by atoms with E-state index in [0.717, 1.165) is 19.4 Å². The van der Waals surface area contributed by atoms with Crippen LogP contribution in [0.5, 0.6) is 0 Å². The number of halogens is 2. The molecule has 1 aromatic rings. The third-order valence-corrected chi connectivity index (χ3v) is 4.56. The monoisotopic (exact) mass is 356 g/mol. The molecule has 2 fully saturated rings. The summed E-state index contributed by atoms with van der Waals surface area (Å²) in [6.07, 6.45) is 2.69. The van der Waals surface area contributed by atoms with E-state index in [0.29, 0.717) is 28.7 Å². The number of carbonyl (C=O) groups excluding carboxylic acids is 2. The van der Waals surface area contributed by atoms with Crippen molar-refractivity contribution in [3.63, 3.8) is 0 Å². The van der Waals surface area contributed by atoms with E-state index in [2.05, 4.69) is 10.6 Å². The summed E-state index contributed by atoms with van der Waals surface area (Å²) in [6.45, 7) is 1.28. The largest absolute Gasteiger partial charge is 0.376 e. The van der Waals surface area contributed by atoms with Crippen LogP contribution < -0.4 is 10.6 Å². The van der Waals surface area contributed by atoms with Crippen molar-refractivity contribution >= 4 is 40.7 Å². The molecule has 0 radical (unpaired) electrons. The predicted molar refractivity (Wildman–Crippen MR) is 88.7 cm³/mol. The first-order chi connectivity index (χ1) is 11.0. The second-order valence-corrected chi connectivity index (χ2v) is 6.85. The van der Waals surface area contributed by atoms with Crippen LogP contribution in [0, 0.1) is 11.8 Å². The highest BCUT2D eigenvalue weighted by Crippen LogP contribution is 2.39. The van der Waals surface area contributed by atoms with Crippen LogP contribution >= 0.6 is 23.2 Å². The molecule has 0 bridgehead atoms. The standard InChI is InChI=1S/C16H18Cl2N2O3/c17-9-4-10(18)6-11(5-9)20-16(22)14-7-13(14)15(21)19-8-12-2-1-3-23-12/h4-6,12-14H,1-3,7-8H2,(H,19,21)(H,20,22). The Morgan fingerprint density at radius 3 is 2.48 bits per heavy atom. The minimum Gasteiger partial charge on any atom is -0.376 e. The van der Waals surface area contributed by atoms with Crippen molar-refractivity contribution in [1.82, 2.24) is 5.32 Å². The summed E-state index contributed by atoms with van der Waals surface area (Å²) < 4.78 is 5.46. The van der Waals surface area contributed by atoms with Gasteiger partial charge in [0.05, 0.1) is 17.9 Å². The molecule has 23 heavy (non-hydrogen) atoms. The van der Waals surface area contributed by atoms with Crippen molar-refractivity contribution in [1.29, 1.82) is 0 Å². The van der Waals surface area contributed by atoms with Gasteiger partial charge in [-0.3, -0.25) is 9.59 Å². The van der Waals surface area contributed by atoms with Gasteiger partial charge < -0.3 is 15.4 Å². The van der Waals surface area contributed by atoms with E-state index >= 15 is 0 Å². The van der Waals surface area contributed by atoms with E-state index in [1.165, 1.54) is 0 Å². The smallest absolute Gasteiger partial charge is 0.228 e. The second kappa shape index (κ2) is 7.07. The van der Waals surface area contributed by atoms with Gasteiger partial charge in [0.1, 0.15) is 0 Å². The van der Waals surface area contributed by atoms with E-state index in [1.807, 2.05) is 0 Å². The number of amides is 2. The van der Waals surface area contributed by atoms with Crippen molar-refractivity contribution in [3.05, 3.63) is 28.2 Å². The Morgan fingerprint density at radius 1 is 1.13 bits per heavy atom. The van der Waals surface area contributed by atoms with Crippen molar-refractivity contribution in [3.8, 4) is 0 Å². The highest BCUT2D eigenvalue weighted by molar-refractivity contribution is 6.35. The van der Waals surface area contributed by atoms with Crippen LogP contribution in [0.4, 0.5) is 5.69 Å². The fraction of sp³-hybridized carbons (Fsp3) is 0.500. The number of benzene rings is 1. The maximum absolute atomic E-state index is 12.2. The summed E-state index contributed by atoms with van der Waals surface area (Å²) >= 11 is 11.8. The van der Waals surface area contributed by atoms with Crippen LogP contribution in [0.2, 0.25) is 10.0 Å². The summed E-state index contributed by atoms with van der Waals surface area (Å²) in [4.78, 5) is 24.2. The Balaban J connectivity index is 1.47. The van der Waals surface area contributed by atoms with E-state index < -0.39 is 0 Å². The van der Waals surface area contributed by atoms with Gasteiger partial charge in [-0.25, -0.2) is 0 Å². The summed E-state index contributed by atoms with van der Waals surface area (Å²) in [5.74, 6) is -0.811. The molecule has 3 rings (SSSR count). The third kappa shape index (κ3) is 4.37. The Hall–Kier alpha value is -1.30. The highest BCUT2D eigenvalue weighted by atomic mass is 35.5. The second-order valence-electron chi connectivity index (χ2n) is 5.98. The lowest BCUT2D eigenvalue weighted by Crippen LogP contribution is -2.33. The molecule has 3 atom stereocenters. The fourth-order valence-corrected chi connectivity index (χ4v) is 3.31. The summed E-state index contributed by atoms with van der Waals surface area (Å²) in [5.41, 5.74) is 0.540. The van der Waals surface area contributed by atoms with Crippen LogP contribution in [-0.4, -0.2) is 31.1 Å². The van der Waals surface area contributed by atoms with Gasteiger partial charge in [-0.05, 0) is 37.5 Å². The third-order valence-electron chi connectivity index (χ3n) is 4.12. The molecular formula is C16H18Cl2N2O3. The van der Waals surface area contributed by atoms with Crippen LogP contribution in [-0.2, 0) is 14.3 Å². The predicted octanol–water partition coefficient (Wildman–Crippen LogP) is 2.86. The van der Waals surface area contributed by atoms with Gasteiger partial charge in [-0.2, -0.15) is 0 Å². The van der Waals surface area contributed by atoms with Gasteiger partial charge in [-0.15, -0.1) is 0 Å². The van der Waals surface area contributed by atoms with Crippen molar-refractivity contribution in [2.75, 3.05) is 18.5 Å². The Labute approximate surface area is 144 Å². The zero-order chi connectivity index (χ0) is 16.4. The molecule has 7 heteroatoms. The molecule has 124 valence electrons. The Morgan fingerprint density at radius 2 is 1.83 bits per heavy atom. The lowest BCUT2D eigenvalue weighted by Gasteiger charge is -2.10. The molecule has 0 spiro atoms. The lowest BCUT2D eigenvalue weighted by molar-refractivity contribution is -0.125. The Kier molecular flexibility index (Phi) is 5.09. The summed E-state index contributed by atoms with van der Waals surface area (Å²) in [6, 6.07) is 4.84. The van der Waals surface area contributed by atoms with Crippen LogP contribution in [0.25, 0.3) is 0 Å². The van der Waals surface area contributed by atoms with Crippen LogP contribution in [0.1, 0.15) is 19.3 Å². The van der Waals surface area contributed by atoms with Crippen molar-refractivity contribution in [2.45, 2.75) is 25.4 Å². The van der Waals surface area contributed by atoms with E-state index in [-0.39, 0.29) is 29.8 Å². The average molecular weight is 357 g/mol. The van der Waals surface area contributed by atoms with Gasteiger partial charge in [0, 0.05) is 28.9 Å². The molecule has 3 unspecified atom stereocenters. The first kappa shape index (κ1) is 16.6. The number of anilines is 1. The zero-order valence-corrected chi connectivity index (χ0v) is 14.0. The van der Waals surface area contributed by atoms with E-state index in [4.69, 9.17) is 27.9 Å². The average Bonchev–Trinajstić information content (AvgIpc) is 3.12. The van der Waals surface area contributed by atoms with Crippen LogP contribution in [0.3, 0.4) is 0 Å². The maximum atomic E-state index is 12.2. The summed E-state index contributed by atoms with van der Waals surface area (Å²) in [7, 11) is 0. The number of rotatable bonds is 5. The molecule has 2 aliphatic rings. The number of nitrogens with one attached hydrogen (secondary N) is 2. The Bertz CT molecular complexity index is 597. The maximum Gasteiger partial charge on any atom is 0.228 e. The molecule has 0 aromatic heterocycles.